The highest BCUT2D eigenvalue weighted by Gasteiger charge is 2.32. The molecular formula is C16H31N3O2. The lowest BCUT2D eigenvalue weighted by molar-refractivity contribution is -0.143. The fourth-order valence-electron chi connectivity index (χ4n) is 3.65. The Hall–Kier alpha value is -0.650. The predicted octanol–water partition coefficient (Wildman–Crippen LogP) is 1.52. The lowest BCUT2D eigenvalue weighted by Gasteiger charge is -2.32. The molecule has 3 N–H and O–H groups in total. The third-order valence-electron chi connectivity index (χ3n) is 5.31. The van der Waals surface area contributed by atoms with Gasteiger partial charge in [0.2, 0.25) is 0 Å². The predicted molar refractivity (Wildman–Crippen MR) is 84.3 cm³/mol. The van der Waals surface area contributed by atoms with Crippen LogP contribution < -0.4 is 5.73 Å². The molecule has 0 amide bonds. The van der Waals surface area contributed by atoms with Crippen molar-refractivity contribution in [3.05, 3.63) is 0 Å². The molecule has 2 unspecified atom stereocenters. The monoisotopic (exact) mass is 297 g/mol. The van der Waals surface area contributed by atoms with Gasteiger partial charge in [-0.1, -0.05) is 13.3 Å². The fourth-order valence-corrected chi connectivity index (χ4v) is 3.65. The molecule has 122 valence electrons. The molecule has 2 fully saturated rings. The van der Waals surface area contributed by atoms with Gasteiger partial charge in [0.1, 0.15) is 5.54 Å². The largest absolute Gasteiger partial charge is 0.480 e. The molecule has 21 heavy (non-hydrogen) atoms. The van der Waals surface area contributed by atoms with Crippen LogP contribution in [0.5, 0.6) is 0 Å². The van der Waals surface area contributed by atoms with Crippen molar-refractivity contribution < 1.29 is 9.90 Å². The standard InChI is InChI=1S/C16H31N3O2/c1-2-16(17,15(20)21)8-6-9-18-12-7-14(13-18)19-10-4-3-5-11-19/h14H,2-13,17H2,1H3,(H,20,21). The van der Waals surface area contributed by atoms with E-state index in [0.29, 0.717) is 12.8 Å². The van der Waals surface area contributed by atoms with Gasteiger partial charge in [-0.15, -0.1) is 0 Å². The van der Waals surface area contributed by atoms with Crippen molar-refractivity contribution >= 4 is 5.97 Å². The third-order valence-corrected chi connectivity index (χ3v) is 5.31. The highest BCUT2D eigenvalue weighted by Crippen LogP contribution is 2.21. The Morgan fingerprint density at radius 2 is 2.00 bits per heavy atom. The number of carboxylic acids is 1. The number of rotatable bonds is 7. The van der Waals surface area contributed by atoms with E-state index in [1.807, 2.05) is 6.92 Å². The molecule has 2 aliphatic rings. The molecule has 0 aliphatic carbocycles. The van der Waals surface area contributed by atoms with Crippen LogP contribution in [0.15, 0.2) is 0 Å². The first-order valence-corrected chi connectivity index (χ1v) is 8.54. The molecule has 0 aromatic carbocycles. The van der Waals surface area contributed by atoms with Crippen LogP contribution in [0.2, 0.25) is 0 Å². The van der Waals surface area contributed by atoms with Crippen molar-refractivity contribution in [2.24, 2.45) is 5.73 Å². The van der Waals surface area contributed by atoms with Gasteiger partial charge in [0.25, 0.3) is 0 Å². The van der Waals surface area contributed by atoms with Crippen LogP contribution in [-0.4, -0.2) is 65.2 Å². The first kappa shape index (κ1) is 16.7. The second-order valence-electron chi connectivity index (χ2n) is 6.76. The Labute approximate surface area is 128 Å². The third kappa shape index (κ3) is 4.41. The Morgan fingerprint density at radius 1 is 1.29 bits per heavy atom. The summed E-state index contributed by atoms with van der Waals surface area (Å²) in [7, 11) is 0. The maximum absolute atomic E-state index is 11.2. The van der Waals surface area contributed by atoms with E-state index in [1.165, 1.54) is 38.8 Å². The quantitative estimate of drug-likeness (QED) is 0.745. The van der Waals surface area contributed by atoms with Gasteiger partial charge in [0.05, 0.1) is 0 Å². The number of aliphatic carboxylic acids is 1. The van der Waals surface area contributed by atoms with Gasteiger partial charge in [-0.2, -0.15) is 0 Å². The van der Waals surface area contributed by atoms with Crippen LogP contribution >= 0.6 is 0 Å². The highest BCUT2D eigenvalue weighted by molar-refractivity contribution is 5.78. The van der Waals surface area contributed by atoms with E-state index in [0.717, 1.165) is 32.1 Å². The highest BCUT2D eigenvalue weighted by atomic mass is 16.4. The van der Waals surface area contributed by atoms with E-state index in [2.05, 4.69) is 9.80 Å². The number of hydrogen-bond donors (Lipinski definition) is 2. The van der Waals surface area contributed by atoms with Crippen LogP contribution in [0.4, 0.5) is 0 Å². The molecule has 2 heterocycles. The van der Waals surface area contributed by atoms with E-state index in [4.69, 9.17) is 5.73 Å². The van der Waals surface area contributed by atoms with Crippen molar-refractivity contribution in [2.75, 3.05) is 32.7 Å². The van der Waals surface area contributed by atoms with E-state index >= 15 is 0 Å². The van der Waals surface area contributed by atoms with Crippen LogP contribution in [0.1, 0.15) is 51.9 Å². The number of nitrogens with two attached hydrogens (primary N) is 1. The fraction of sp³-hybridized carbons (Fsp3) is 0.938. The molecule has 0 saturated carbocycles. The van der Waals surface area contributed by atoms with Crippen molar-refractivity contribution in [1.82, 2.24) is 9.80 Å². The van der Waals surface area contributed by atoms with Gasteiger partial charge >= 0.3 is 5.97 Å². The summed E-state index contributed by atoms with van der Waals surface area (Å²) in [4.78, 5) is 16.3. The van der Waals surface area contributed by atoms with Crippen molar-refractivity contribution in [3.63, 3.8) is 0 Å². The van der Waals surface area contributed by atoms with E-state index < -0.39 is 11.5 Å². The number of hydrogen-bond acceptors (Lipinski definition) is 4. The minimum Gasteiger partial charge on any atom is -0.480 e. The van der Waals surface area contributed by atoms with Crippen molar-refractivity contribution in [3.8, 4) is 0 Å². The first-order chi connectivity index (χ1) is 10.0. The first-order valence-electron chi connectivity index (χ1n) is 8.54. The molecule has 5 nitrogen and oxygen atoms in total. The summed E-state index contributed by atoms with van der Waals surface area (Å²) in [5, 5.41) is 9.19. The van der Waals surface area contributed by atoms with Gasteiger partial charge in [-0.05, 0) is 64.7 Å². The zero-order valence-electron chi connectivity index (χ0n) is 13.4. The van der Waals surface area contributed by atoms with Gasteiger partial charge in [-0.3, -0.25) is 9.69 Å². The smallest absolute Gasteiger partial charge is 0.323 e. The summed E-state index contributed by atoms with van der Waals surface area (Å²) in [6.07, 6.45) is 7.30. The average molecular weight is 297 g/mol. The Bertz CT molecular complexity index is 344. The van der Waals surface area contributed by atoms with E-state index in [9.17, 15) is 9.90 Å². The Morgan fingerprint density at radius 3 is 2.62 bits per heavy atom. The zero-order valence-corrected chi connectivity index (χ0v) is 13.4. The van der Waals surface area contributed by atoms with Crippen LogP contribution in [-0.2, 0) is 4.79 Å². The van der Waals surface area contributed by atoms with Crippen LogP contribution in [0, 0.1) is 0 Å². The van der Waals surface area contributed by atoms with E-state index in [-0.39, 0.29) is 0 Å². The second kappa shape index (κ2) is 7.56. The number of carboxylic acid groups (broad SMARTS) is 1. The summed E-state index contributed by atoms with van der Waals surface area (Å²) in [5.41, 5.74) is 4.91. The van der Waals surface area contributed by atoms with Crippen LogP contribution in [0.3, 0.4) is 0 Å². The minimum absolute atomic E-state index is 0.499. The van der Waals surface area contributed by atoms with Crippen LogP contribution in [0.25, 0.3) is 0 Å². The van der Waals surface area contributed by atoms with Gasteiger partial charge in [0.15, 0.2) is 0 Å². The summed E-state index contributed by atoms with van der Waals surface area (Å²) < 4.78 is 0. The summed E-state index contributed by atoms with van der Waals surface area (Å²) in [6.45, 7) is 7.67. The molecule has 0 aromatic rings. The number of piperidine rings is 1. The topological polar surface area (TPSA) is 69.8 Å². The molecule has 0 aromatic heterocycles. The van der Waals surface area contributed by atoms with Gasteiger partial charge in [-0.25, -0.2) is 0 Å². The van der Waals surface area contributed by atoms with Gasteiger partial charge in [0, 0.05) is 12.6 Å². The molecule has 5 heteroatoms. The average Bonchev–Trinajstić information content (AvgIpc) is 2.96. The molecule has 0 bridgehead atoms. The molecule has 2 atom stereocenters. The maximum atomic E-state index is 11.2. The van der Waals surface area contributed by atoms with Gasteiger partial charge < -0.3 is 15.7 Å². The summed E-state index contributed by atoms with van der Waals surface area (Å²) in [6, 6.07) is 0.721. The number of carbonyl (C=O) groups is 1. The Balaban J connectivity index is 1.69. The zero-order chi connectivity index (χ0) is 15.3. The molecule has 2 aliphatic heterocycles. The molecule has 2 rings (SSSR count). The lowest BCUT2D eigenvalue weighted by atomic mass is 9.92. The molecule has 2 saturated heterocycles. The normalized spacial score (nSPS) is 27.6. The summed E-state index contributed by atoms with van der Waals surface area (Å²) >= 11 is 0. The molecular weight excluding hydrogens is 266 g/mol. The maximum Gasteiger partial charge on any atom is 0.323 e. The summed E-state index contributed by atoms with van der Waals surface area (Å²) in [5.74, 6) is -0.863. The van der Waals surface area contributed by atoms with Crippen molar-refractivity contribution in [2.45, 2.75) is 63.5 Å². The number of likely N-dealkylation sites (tertiary alicyclic amines) is 2. The molecule has 0 spiro atoms. The second-order valence-corrected chi connectivity index (χ2v) is 6.76. The Kier molecular flexibility index (Phi) is 6.02. The van der Waals surface area contributed by atoms with E-state index in [1.54, 1.807) is 0 Å². The molecule has 0 radical (unpaired) electrons. The van der Waals surface area contributed by atoms with Crippen molar-refractivity contribution in [1.29, 1.82) is 0 Å². The SMILES string of the molecule is CCC(N)(CCCN1CCC(N2CCCCC2)C1)C(=O)O. The lowest BCUT2D eigenvalue weighted by Crippen LogP contribution is -2.47. The number of nitrogens with zero attached hydrogens (tertiary/aromatic N) is 2. The minimum atomic E-state index is -1.04.